The molecule has 0 aliphatic heterocycles. The SMILES string of the molecule is C[C@@H](CNC(=O)Nc1cccc2[nH]ccc12)C[C@@H](C)O. The highest BCUT2D eigenvalue weighted by Gasteiger charge is 2.09. The summed E-state index contributed by atoms with van der Waals surface area (Å²) in [4.78, 5) is 15.0. The minimum atomic E-state index is -0.344. The highest BCUT2D eigenvalue weighted by Crippen LogP contribution is 2.21. The van der Waals surface area contributed by atoms with Gasteiger partial charge in [0, 0.05) is 23.6 Å². The highest BCUT2D eigenvalue weighted by atomic mass is 16.3. The fourth-order valence-corrected chi connectivity index (χ4v) is 2.29. The molecule has 0 aliphatic rings. The number of hydrogen-bond acceptors (Lipinski definition) is 2. The van der Waals surface area contributed by atoms with Crippen molar-refractivity contribution in [2.24, 2.45) is 5.92 Å². The summed E-state index contributed by atoms with van der Waals surface area (Å²) in [6.07, 6.45) is 2.18. The molecule has 0 saturated carbocycles. The van der Waals surface area contributed by atoms with Gasteiger partial charge >= 0.3 is 6.03 Å². The fraction of sp³-hybridized carbons (Fsp3) is 0.400. The van der Waals surface area contributed by atoms with Crippen LogP contribution in [0.15, 0.2) is 30.5 Å². The number of rotatable bonds is 5. The number of fused-ring (bicyclic) bond motifs is 1. The Hall–Kier alpha value is -2.01. The Morgan fingerprint density at radius 1 is 1.35 bits per heavy atom. The topological polar surface area (TPSA) is 77.2 Å². The van der Waals surface area contributed by atoms with Crippen LogP contribution in [0.25, 0.3) is 10.9 Å². The monoisotopic (exact) mass is 275 g/mol. The average molecular weight is 275 g/mol. The van der Waals surface area contributed by atoms with E-state index in [4.69, 9.17) is 0 Å². The van der Waals surface area contributed by atoms with Crippen LogP contribution in [-0.2, 0) is 0 Å². The van der Waals surface area contributed by atoms with E-state index in [1.165, 1.54) is 0 Å². The Kier molecular flexibility index (Phi) is 4.63. The zero-order valence-corrected chi connectivity index (χ0v) is 11.8. The summed E-state index contributed by atoms with van der Waals surface area (Å²) in [5, 5.41) is 15.9. The smallest absolute Gasteiger partial charge is 0.319 e. The maximum atomic E-state index is 11.9. The number of carbonyl (C=O) groups is 1. The van der Waals surface area contributed by atoms with Crippen LogP contribution in [0, 0.1) is 5.92 Å². The lowest BCUT2D eigenvalue weighted by molar-refractivity contribution is 0.163. The Morgan fingerprint density at radius 2 is 2.15 bits per heavy atom. The Bertz CT molecular complexity index is 577. The summed E-state index contributed by atoms with van der Waals surface area (Å²) in [6.45, 7) is 4.29. The highest BCUT2D eigenvalue weighted by molar-refractivity contribution is 6.00. The van der Waals surface area contributed by atoms with Crippen LogP contribution >= 0.6 is 0 Å². The molecule has 5 nitrogen and oxygen atoms in total. The van der Waals surface area contributed by atoms with Crippen LogP contribution < -0.4 is 10.6 Å². The van der Waals surface area contributed by atoms with Gasteiger partial charge in [-0.25, -0.2) is 4.79 Å². The van der Waals surface area contributed by atoms with Gasteiger partial charge in [0.15, 0.2) is 0 Å². The van der Waals surface area contributed by atoms with E-state index < -0.39 is 0 Å². The third-order valence-electron chi connectivity index (χ3n) is 3.20. The van der Waals surface area contributed by atoms with Crippen LogP contribution in [0.3, 0.4) is 0 Å². The summed E-state index contributed by atoms with van der Waals surface area (Å²) in [6, 6.07) is 7.43. The van der Waals surface area contributed by atoms with Gasteiger partial charge in [-0.15, -0.1) is 0 Å². The molecule has 0 unspecified atom stereocenters. The van der Waals surface area contributed by atoms with Crippen molar-refractivity contribution in [3.05, 3.63) is 30.5 Å². The zero-order chi connectivity index (χ0) is 14.5. The molecular formula is C15H21N3O2. The number of aromatic nitrogens is 1. The van der Waals surface area contributed by atoms with E-state index in [1.807, 2.05) is 37.4 Å². The molecule has 5 heteroatoms. The molecule has 0 spiro atoms. The number of aliphatic hydroxyl groups is 1. The van der Waals surface area contributed by atoms with Gasteiger partial charge in [-0.2, -0.15) is 0 Å². The second-order valence-corrected chi connectivity index (χ2v) is 5.27. The van der Waals surface area contributed by atoms with E-state index in [9.17, 15) is 9.90 Å². The third-order valence-corrected chi connectivity index (χ3v) is 3.20. The number of H-pyrrole nitrogens is 1. The maximum absolute atomic E-state index is 11.9. The van der Waals surface area contributed by atoms with Gasteiger partial charge < -0.3 is 20.7 Å². The van der Waals surface area contributed by atoms with Crippen molar-refractivity contribution in [2.45, 2.75) is 26.4 Å². The van der Waals surface area contributed by atoms with E-state index in [-0.39, 0.29) is 18.1 Å². The molecule has 0 aliphatic carbocycles. The van der Waals surface area contributed by atoms with E-state index in [1.54, 1.807) is 6.92 Å². The van der Waals surface area contributed by atoms with Crippen LogP contribution in [0.4, 0.5) is 10.5 Å². The predicted octanol–water partition coefficient (Wildman–Crippen LogP) is 2.70. The summed E-state index contributed by atoms with van der Waals surface area (Å²) in [7, 11) is 0. The number of carbonyl (C=O) groups excluding carboxylic acids is 1. The largest absolute Gasteiger partial charge is 0.393 e. The lowest BCUT2D eigenvalue weighted by atomic mass is 10.1. The van der Waals surface area contributed by atoms with Gasteiger partial charge in [0.2, 0.25) is 0 Å². The number of anilines is 1. The van der Waals surface area contributed by atoms with Crippen molar-refractivity contribution < 1.29 is 9.90 Å². The number of aromatic amines is 1. The second-order valence-electron chi connectivity index (χ2n) is 5.27. The van der Waals surface area contributed by atoms with Crippen LogP contribution in [0.5, 0.6) is 0 Å². The minimum Gasteiger partial charge on any atom is -0.393 e. The molecule has 2 amide bonds. The number of amides is 2. The van der Waals surface area contributed by atoms with Crippen molar-refractivity contribution in [1.29, 1.82) is 0 Å². The summed E-state index contributed by atoms with van der Waals surface area (Å²) in [5.41, 5.74) is 1.77. The van der Waals surface area contributed by atoms with E-state index >= 15 is 0 Å². The first-order valence-corrected chi connectivity index (χ1v) is 6.85. The molecule has 2 rings (SSSR count). The summed E-state index contributed by atoms with van der Waals surface area (Å²) >= 11 is 0. The first-order valence-electron chi connectivity index (χ1n) is 6.85. The maximum Gasteiger partial charge on any atom is 0.319 e. The van der Waals surface area contributed by atoms with Gasteiger partial charge in [0.1, 0.15) is 0 Å². The molecule has 0 bridgehead atoms. The molecule has 0 fully saturated rings. The van der Waals surface area contributed by atoms with Gasteiger partial charge in [-0.1, -0.05) is 13.0 Å². The van der Waals surface area contributed by atoms with Crippen LogP contribution in [0.1, 0.15) is 20.3 Å². The quantitative estimate of drug-likeness (QED) is 0.677. The minimum absolute atomic E-state index is 0.226. The number of benzene rings is 1. The normalized spacial score (nSPS) is 13.9. The lowest BCUT2D eigenvalue weighted by Gasteiger charge is -2.15. The first-order chi connectivity index (χ1) is 9.56. The molecule has 108 valence electrons. The Labute approximate surface area is 118 Å². The van der Waals surface area contributed by atoms with Crippen molar-refractivity contribution in [1.82, 2.24) is 10.3 Å². The number of hydrogen-bond donors (Lipinski definition) is 4. The van der Waals surface area contributed by atoms with Gasteiger partial charge in [-0.3, -0.25) is 0 Å². The van der Waals surface area contributed by atoms with Crippen molar-refractivity contribution in [3.63, 3.8) is 0 Å². The Balaban J connectivity index is 1.90. The van der Waals surface area contributed by atoms with Gasteiger partial charge in [0.05, 0.1) is 11.8 Å². The third kappa shape index (κ3) is 3.74. The Morgan fingerprint density at radius 3 is 2.90 bits per heavy atom. The molecule has 1 aromatic carbocycles. The number of nitrogens with one attached hydrogen (secondary N) is 3. The molecule has 2 aromatic rings. The second kappa shape index (κ2) is 6.43. The molecule has 2 atom stereocenters. The van der Waals surface area contributed by atoms with Crippen molar-refractivity contribution in [2.75, 3.05) is 11.9 Å². The molecule has 0 radical (unpaired) electrons. The number of aliphatic hydroxyl groups excluding tert-OH is 1. The van der Waals surface area contributed by atoms with Crippen LogP contribution in [0.2, 0.25) is 0 Å². The van der Waals surface area contributed by atoms with E-state index in [2.05, 4.69) is 15.6 Å². The van der Waals surface area contributed by atoms with Crippen molar-refractivity contribution >= 4 is 22.6 Å². The molecule has 1 heterocycles. The summed E-state index contributed by atoms with van der Waals surface area (Å²) < 4.78 is 0. The van der Waals surface area contributed by atoms with Gasteiger partial charge in [-0.05, 0) is 37.5 Å². The molecular weight excluding hydrogens is 254 g/mol. The standard InChI is InChI=1S/C15H21N3O2/c1-10(8-11(2)19)9-17-15(20)18-14-5-3-4-13-12(14)6-7-16-13/h3-7,10-11,16,19H,8-9H2,1-2H3,(H2,17,18,20)/t10-,11-/m1/s1. The predicted molar refractivity (Wildman–Crippen MR) is 80.8 cm³/mol. The lowest BCUT2D eigenvalue weighted by Crippen LogP contribution is -2.33. The van der Waals surface area contributed by atoms with Crippen molar-refractivity contribution in [3.8, 4) is 0 Å². The van der Waals surface area contributed by atoms with Crippen LogP contribution in [-0.4, -0.2) is 28.8 Å². The fourth-order valence-electron chi connectivity index (χ4n) is 2.29. The zero-order valence-electron chi connectivity index (χ0n) is 11.8. The number of urea groups is 1. The molecule has 20 heavy (non-hydrogen) atoms. The van der Waals surface area contributed by atoms with E-state index in [0.717, 1.165) is 16.6 Å². The van der Waals surface area contributed by atoms with Gasteiger partial charge in [0.25, 0.3) is 0 Å². The molecule has 0 saturated heterocycles. The summed E-state index contributed by atoms with van der Waals surface area (Å²) in [5.74, 6) is 0.240. The molecule has 1 aromatic heterocycles. The average Bonchev–Trinajstić information content (AvgIpc) is 2.85. The molecule has 4 N–H and O–H groups in total. The van der Waals surface area contributed by atoms with E-state index in [0.29, 0.717) is 13.0 Å². The first kappa shape index (κ1) is 14.4.